The van der Waals surface area contributed by atoms with E-state index in [4.69, 9.17) is 5.73 Å². The Bertz CT molecular complexity index is 731. The molecule has 19 heavy (non-hydrogen) atoms. The average molecular weight is 317 g/mol. The number of rotatable bonds is 2. The van der Waals surface area contributed by atoms with Gasteiger partial charge in [-0.2, -0.15) is 0 Å². The van der Waals surface area contributed by atoms with Crippen LogP contribution in [0.4, 0.5) is 5.95 Å². The minimum atomic E-state index is 0.487. The molecular weight excluding hydrogens is 304 g/mol. The highest BCUT2D eigenvalue weighted by Crippen LogP contribution is 2.20. The number of aryl methyl sites for hydroxylation is 1. The monoisotopic (exact) mass is 316 g/mol. The Balaban J connectivity index is 2.05. The first-order chi connectivity index (χ1) is 9.13. The number of aromatic nitrogens is 3. The molecule has 2 N–H and O–H groups in total. The van der Waals surface area contributed by atoms with Gasteiger partial charge >= 0.3 is 0 Å². The van der Waals surface area contributed by atoms with E-state index >= 15 is 0 Å². The molecule has 0 spiro atoms. The maximum Gasteiger partial charge on any atom is 0.202 e. The number of nitrogen functional groups attached to an aromatic ring is 1. The van der Waals surface area contributed by atoms with Crippen LogP contribution in [-0.2, 0) is 6.54 Å². The second kappa shape index (κ2) is 4.66. The maximum absolute atomic E-state index is 5.98. The van der Waals surface area contributed by atoms with E-state index in [0.717, 1.165) is 15.6 Å². The number of anilines is 1. The number of nitrogens with zero attached hydrogens (tertiary/aromatic N) is 3. The van der Waals surface area contributed by atoms with Crippen LogP contribution in [-0.4, -0.2) is 14.5 Å². The van der Waals surface area contributed by atoms with Crippen LogP contribution in [0.15, 0.2) is 41.0 Å². The van der Waals surface area contributed by atoms with Crippen LogP contribution in [0.25, 0.3) is 11.2 Å². The van der Waals surface area contributed by atoms with Crippen molar-refractivity contribution in [3.63, 3.8) is 0 Å². The predicted octanol–water partition coefficient (Wildman–Crippen LogP) is 3.13. The summed E-state index contributed by atoms with van der Waals surface area (Å²) in [6.07, 6.45) is 1.76. The highest BCUT2D eigenvalue weighted by atomic mass is 79.9. The van der Waals surface area contributed by atoms with Gasteiger partial charge in [-0.25, -0.2) is 9.97 Å². The molecule has 0 aliphatic heterocycles. The molecule has 96 valence electrons. The number of pyridine rings is 1. The van der Waals surface area contributed by atoms with Gasteiger partial charge < -0.3 is 5.73 Å². The SMILES string of the molecule is Cc1ccc(Cn2c(N)nc3cc(Br)cnc32)cc1. The average Bonchev–Trinajstić information content (AvgIpc) is 2.68. The molecule has 0 fully saturated rings. The first kappa shape index (κ1) is 12.2. The van der Waals surface area contributed by atoms with Gasteiger partial charge in [0.15, 0.2) is 5.65 Å². The summed E-state index contributed by atoms with van der Waals surface area (Å²) in [5.41, 5.74) is 10.0. The quantitative estimate of drug-likeness (QED) is 0.790. The molecule has 3 aromatic rings. The minimum Gasteiger partial charge on any atom is -0.369 e. The third-order valence-electron chi connectivity index (χ3n) is 3.04. The Morgan fingerprint density at radius 1 is 1.26 bits per heavy atom. The molecule has 0 saturated carbocycles. The van der Waals surface area contributed by atoms with E-state index in [2.05, 4.69) is 57.1 Å². The first-order valence-electron chi connectivity index (χ1n) is 5.96. The Labute approximate surface area is 119 Å². The van der Waals surface area contributed by atoms with E-state index in [-0.39, 0.29) is 0 Å². The Morgan fingerprint density at radius 3 is 2.74 bits per heavy atom. The second-order valence-electron chi connectivity index (χ2n) is 4.54. The molecular formula is C14H13BrN4. The van der Waals surface area contributed by atoms with Crippen molar-refractivity contribution in [1.29, 1.82) is 0 Å². The molecule has 5 heteroatoms. The minimum absolute atomic E-state index is 0.487. The van der Waals surface area contributed by atoms with Crippen molar-refractivity contribution >= 4 is 33.0 Å². The molecule has 0 unspecified atom stereocenters. The molecule has 0 aliphatic rings. The van der Waals surface area contributed by atoms with E-state index in [1.54, 1.807) is 6.20 Å². The van der Waals surface area contributed by atoms with Crippen LogP contribution in [0, 0.1) is 6.92 Å². The number of nitrogens with two attached hydrogens (primary N) is 1. The molecule has 0 bridgehead atoms. The van der Waals surface area contributed by atoms with Crippen LogP contribution in [0.3, 0.4) is 0 Å². The molecule has 0 amide bonds. The summed E-state index contributed by atoms with van der Waals surface area (Å²) in [6.45, 7) is 2.75. The lowest BCUT2D eigenvalue weighted by Gasteiger charge is -2.06. The smallest absolute Gasteiger partial charge is 0.202 e. The fourth-order valence-electron chi connectivity index (χ4n) is 2.04. The van der Waals surface area contributed by atoms with Gasteiger partial charge in [0.2, 0.25) is 5.95 Å². The maximum atomic E-state index is 5.98. The van der Waals surface area contributed by atoms with Crippen molar-refractivity contribution in [2.75, 3.05) is 5.73 Å². The summed E-state index contributed by atoms with van der Waals surface area (Å²) in [4.78, 5) is 8.72. The van der Waals surface area contributed by atoms with Crippen molar-refractivity contribution in [2.24, 2.45) is 0 Å². The van der Waals surface area contributed by atoms with Crippen molar-refractivity contribution < 1.29 is 0 Å². The number of hydrogen-bond donors (Lipinski definition) is 1. The summed E-state index contributed by atoms with van der Waals surface area (Å²) in [5.74, 6) is 0.487. The van der Waals surface area contributed by atoms with Crippen molar-refractivity contribution in [2.45, 2.75) is 13.5 Å². The number of halogens is 1. The lowest BCUT2D eigenvalue weighted by Crippen LogP contribution is -2.05. The lowest BCUT2D eigenvalue weighted by atomic mass is 10.1. The summed E-state index contributed by atoms with van der Waals surface area (Å²) >= 11 is 3.39. The largest absolute Gasteiger partial charge is 0.369 e. The summed E-state index contributed by atoms with van der Waals surface area (Å²) < 4.78 is 2.83. The molecule has 3 rings (SSSR count). The van der Waals surface area contributed by atoms with E-state index in [0.29, 0.717) is 12.5 Å². The van der Waals surface area contributed by atoms with Crippen LogP contribution < -0.4 is 5.73 Å². The summed E-state index contributed by atoms with van der Waals surface area (Å²) in [5, 5.41) is 0. The van der Waals surface area contributed by atoms with E-state index < -0.39 is 0 Å². The molecule has 4 nitrogen and oxygen atoms in total. The van der Waals surface area contributed by atoms with Gasteiger partial charge in [-0.05, 0) is 34.5 Å². The molecule has 2 aromatic heterocycles. The van der Waals surface area contributed by atoms with Gasteiger partial charge in [-0.15, -0.1) is 0 Å². The molecule has 0 radical (unpaired) electrons. The molecule has 1 aromatic carbocycles. The zero-order valence-corrected chi connectivity index (χ0v) is 12.1. The molecule has 2 heterocycles. The highest BCUT2D eigenvalue weighted by Gasteiger charge is 2.10. The number of imidazole rings is 1. The van der Waals surface area contributed by atoms with Gasteiger partial charge in [0.25, 0.3) is 0 Å². The van der Waals surface area contributed by atoms with Crippen LogP contribution in [0.1, 0.15) is 11.1 Å². The van der Waals surface area contributed by atoms with E-state index in [1.807, 2.05) is 10.6 Å². The summed E-state index contributed by atoms with van der Waals surface area (Å²) in [7, 11) is 0. The zero-order chi connectivity index (χ0) is 13.4. The van der Waals surface area contributed by atoms with E-state index in [1.165, 1.54) is 11.1 Å². The van der Waals surface area contributed by atoms with Gasteiger partial charge in [-0.3, -0.25) is 4.57 Å². The molecule has 0 aliphatic carbocycles. The highest BCUT2D eigenvalue weighted by molar-refractivity contribution is 9.10. The van der Waals surface area contributed by atoms with Crippen LogP contribution in [0.2, 0.25) is 0 Å². The van der Waals surface area contributed by atoms with Gasteiger partial charge in [0, 0.05) is 10.7 Å². The summed E-state index contributed by atoms with van der Waals surface area (Å²) in [6, 6.07) is 10.3. The van der Waals surface area contributed by atoms with E-state index in [9.17, 15) is 0 Å². The number of benzene rings is 1. The van der Waals surface area contributed by atoms with Crippen molar-refractivity contribution in [1.82, 2.24) is 14.5 Å². The Morgan fingerprint density at radius 2 is 2.00 bits per heavy atom. The number of hydrogen-bond acceptors (Lipinski definition) is 3. The predicted molar refractivity (Wildman–Crippen MR) is 79.9 cm³/mol. The van der Waals surface area contributed by atoms with Gasteiger partial charge in [0.05, 0.1) is 6.54 Å². The third-order valence-corrected chi connectivity index (χ3v) is 3.48. The zero-order valence-electron chi connectivity index (χ0n) is 10.5. The topological polar surface area (TPSA) is 56.7 Å². The molecule has 0 saturated heterocycles. The first-order valence-corrected chi connectivity index (χ1v) is 6.75. The molecule has 0 atom stereocenters. The van der Waals surface area contributed by atoms with Crippen molar-refractivity contribution in [3.8, 4) is 0 Å². The van der Waals surface area contributed by atoms with Gasteiger partial charge in [0.1, 0.15) is 5.52 Å². The standard InChI is InChI=1S/C14H13BrN4/c1-9-2-4-10(5-3-9)8-19-13-12(18-14(19)16)6-11(15)7-17-13/h2-7H,8H2,1H3,(H2,16,18). The van der Waals surface area contributed by atoms with Crippen molar-refractivity contribution in [3.05, 3.63) is 52.1 Å². The fraction of sp³-hybridized carbons (Fsp3) is 0.143. The normalized spacial score (nSPS) is 11.1. The third kappa shape index (κ3) is 2.33. The van der Waals surface area contributed by atoms with Crippen LogP contribution >= 0.6 is 15.9 Å². The van der Waals surface area contributed by atoms with Crippen LogP contribution in [0.5, 0.6) is 0 Å². The lowest BCUT2D eigenvalue weighted by molar-refractivity contribution is 0.827. The second-order valence-corrected chi connectivity index (χ2v) is 5.45. The Hall–Kier alpha value is -1.88. The fourth-order valence-corrected chi connectivity index (χ4v) is 2.36. The van der Waals surface area contributed by atoms with Gasteiger partial charge in [-0.1, -0.05) is 29.8 Å². The Kier molecular flexibility index (Phi) is 2.98. The number of fused-ring (bicyclic) bond motifs is 1.